The number of nitrogens with zero attached hydrogens (tertiary/aromatic N) is 1. The lowest BCUT2D eigenvalue weighted by Gasteiger charge is -2.11. The Morgan fingerprint density at radius 2 is 1.86 bits per heavy atom. The van der Waals surface area contributed by atoms with E-state index in [1.807, 2.05) is 38.4 Å². The van der Waals surface area contributed by atoms with Crippen molar-refractivity contribution in [3.05, 3.63) is 63.9 Å². The molecule has 0 saturated heterocycles. The van der Waals surface area contributed by atoms with E-state index in [-0.39, 0.29) is 15.9 Å². The molecule has 0 saturated carbocycles. The molecular formula is C16H16BrFN2O. The van der Waals surface area contributed by atoms with Crippen LogP contribution in [0, 0.1) is 5.82 Å². The van der Waals surface area contributed by atoms with Crippen molar-refractivity contribution in [2.24, 2.45) is 0 Å². The number of halogens is 2. The third-order valence-corrected chi connectivity index (χ3v) is 3.71. The Labute approximate surface area is 131 Å². The molecule has 0 unspecified atom stereocenters. The normalized spacial score (nSPS) is 10.7. The zero-order valence-corrected chi connectivity index (χ0v) is 13.4. The van der Waals surface area contributed by atoms with Crippen molar-refractivity contribution in [2.75, 3.05) is 19.4 Å². The highest BCUT2D eigenvalue weighted by molar-refractivity contribution is 9.10. The molecule has 0 fully saturated rings. The van der Waals surface area contributed by atoms with E-state index in [4.69, 9.17) is 0 Å². The zero-order valence-electron chi connectivity index (χ0n) is 11.9. The summed E-state index contributed by atoms with van der Waals surface area (Å²) in [4.78, 5) is 14.2. The van der Waals surface area contributed by atoms with Gasteiger partial charge >= 0.3 is 0 Å². The number of carbonyl (C=O) groups is 1. The van der Waals surface area contributed by atoms with E-state index in [1.54, 1.807) is 6.07 Å². The van der Waals surface area contributed by atoms with E-state index in [1.165, 1.54) is 12.1 Å². The van der Waals surface area contributed by atoms with Gasteiger partial charge in [0.05, 0.1) is 10.0 Å². The SMILES string of the molecule is CN(C)Cc1ccc(NC(=O)c2cccc(F)c2Br)cc1. The fraction of sp³-hybridized carbons (Fsp3) is 0.188. The summed E-state index contributed by atoms with van der Waals surface area (Å²) in [6.07, 6.45) is 0. The molecule has 1 N–H and O–H groups in total. The number of nitrogens with one attached hydrogen (secondary N) is 1. The van der Waals surface area contributed by atoms with Crippen molar-refractivity contribution < 1.29 is 9.18 Å². The molecule has 0 heterocycles. The Morgan fingerprint density at radius 1 is 1.19 bits per heavy atom. The topological polar surface area (TPSA) is 32.3 Å². The number of rotatable bonds is 4. The minimum atomic E-state index is -0.455. The highest BCUT2D eigenvalue weighted by Gasteiger charge is 2.13. The lowest BCUT2D eigenvalue weighted by molar-refractivity contribution is 0.102. The second-order valence-corrected chi connectivity index (χ2v) is 5.78. The van der Waals surface area contributed by atoms with Gasteiger partial charge in [-0.2, -0.15) is 0 Å². The molecule has 0 spiro atoms. The van der Waals surface area contributed by atoms with Gasteiger partial charge in [-0.3, -0.25) is 4.79 Å². The third kappa shape index (κ3) is 4.12. The number of anilines is 1. The van der Waals surface area contributed by atoms with Crippen molar-refractivity contribution in [3.63, 3.8) is 0 Å². The van der Waals surface area contributed by atoms with E-state index in [2.05, 4.69) is 26.1 Å². The van der Waals surface area contributed by atoms with Crippen molar-refractivity contribution in [2.45, 2.75) is 6.54 Å². The van der Waals surface area contributed by atoms with Crippen LogP contribution in [0.3, 0.4) is 0 Å². The lowest BCUT2D eigenvalue weighted by Crippen LogP contribution is -2.13. The van der Waals surface area contributed by atoms with Gasteiger partial charge in [-0.15, -0.1) is 0 Å². The van der Waals surface area contributed by atoms with Crippen molar-refractivity contribution in [1.82, 2.24) is 4.90 Å². The average Bonchev–Trinajstić information content (AvgIpc) is 2.43. The average molecular weight is 351 g/mol. The summed E-state index contributed by atoms with van der Waals surface area (Å²) in [5.74, 6) is -0.800. The molecule has 0 aliphatic carbocycles. The number of carbonyl (C=O) groups excluding carboxylic acids is 1. The summed E-state index contributed by atoms with van der Waals surface area (Å²) in [5.41, 5.74) is 2.11. The second-order valence-electron chi connectivity index (χ2n) is 4.99. The van der Waals surface area contributed by atoms with Crippen molar-refractivity contribution >= 4 is 27.5 Å². The van der Waals surface area contributed by atoms with E-state index in [0.717, 1.165) is 12.1 Å². The van der Waals surface area contributed by atoms with Crippen LogP contribution >= 0.6 is 15.9 Å². The summed E-state index contributed by atoms with van der Waals surface area (Å²) in [6.45, 7) is 0.837. The predicted octanol–water partition coefficient (Wildman–Crippen LogP) is 3.90. The molecule has 0 atom stereocenters. The summed E-state index contributed by atoms with van der Waals surface area (Å²) in [5, 5.41) is 2.76. The first kappa shape index (κ1) is 15.7. The minimum Gasteiger partial charge on any atom is -0.322 e. The highest BCUT2D eigenvalue weighted by atomic mass is 79.9. The summed E-state index contributed by atoms with van der Waals surface area (Å²) in [6, 6.07) is 12.0. The van der Waals surface area contributed by atoms with E-state index in [9.17, 15) is 9.18 Å². The summed E-state index contributed by atoms with van der Waals surface area (Å²) in [7, 11) is 3.99. The quantitative estimate of drug-likeness (QED) is 0.906. The number of hydrogen-bond acceptors (Lipinski definition) is 2. The van der Waals surface area contributed by atoms with Gasteiger partial charge in [-0.25, -0.2) is 4.39 Å². The molecule has 0 radical (unpaired) electrons. The lowest BCUT2D eigenvalue weighted by atomic mass is 10.1. The molecule has 0 aliphatic heterocycles. The van der Waals surface area contributed by atoms with Gasteiger partial charge in [0.1, 0.15) is 5.82 Å². The fourth-order valence-electron chi connectivity index (χ4n) is 1.94. The van der Waals surface area contributed by atoms with Gasteiger partial charge in [0.25, 0.3) is 5.91 Å². The van der Waals surface area contributed by atoms with Gasteiger partial charge in [-0.1, -0.05) is 18.2 Å². The molecule has 0 aliphatic rings. The molecule has 5 heteroatoms. The molecule has 0 aromatic heterocycles. The maximum atomic E-state index is 13.4. The summed E-state index contributed by atoms with van der Waals surface area (Å²) < 4.78 is 13.6. The molecule has 110 valence electrons. The van der Waals surface area contributed by atoms with Crippen LogP contribution in [0.4, 0.5) is 10.1 Å². The molecule has 0 bridgehead atoms. The first-order chi connectivity index (χ1) is 9.97. The Kier molecular flexibility index (Phi) is 5.09. The van der Waals surface area contributed by atoms with Gasteiger partial charge < -0.3 is 10.2 Å². The van der Waals surface area contributed by atoms with Crippen LogP contribution in [0.15, 0.2) is 46.9 Å². The standard InChI is InChI=1S/C16H16BrFN2O/c1-20(2)10-11-6-8-12(9-7-11)19-16(21)13-4-3-5-14(18)15(13)17/h3-9H,10H2,1-2H3,(H,19,21). The third-order valence-electron chi connectivity index (χ3n) is 2.91. The minimum absolute atomic E-state index is 0.173. The van der Waals surface area contributed by atoms with Crippen LogP contribution in [0.25, 0.3) is 0 Å². The largest absolute Gasteiger partial charge is 0.322 e. The Bertz CT molecular complexity index is 641. The van der Waals surface area contributed by atoms with Gasteiger partial charge in [0, 0.05) is 12.2 Å². The molecule has 1 amide bonds. The van der Waals surface area contributed by atoms with Crippen LogP contribution in [0.5, 0.6) is 0 Å². The van der Waals surface area contributed by atoms with Gasteiger partial charge in [-0.05, 0) is 59.9 Å². The van der Waals surface area contributed by atoms with Crippen LogP contribution in [-0.4, -0.2) is 24.9 Å². The molecule has 2 aromatic rings. The summed E-state index contributed by atoms with van der Waals surface area (Å²) >= 11 is 3.09. The molecule has 2 rings (SSSR count). The maximum absolute atomic E-state index is 13.4. The monoisotopic (exact) mass is 350 g/mol. The van der Waals surface area contributed by atoms with Gasteiger partial charge in [0.15, 0.2) is 0 Å². The fourth-order valence-corrected chi connectivity index (χ4v) is 2.38. The van der Waals surface area contributed by atoms with E-state index < -0.39 is 5.82 Å². The number of hydrogen-bond donors (Lipinski definition) is 1. The van der Waals surface area contributed by atoms with E-state index >= 15 is 0 Å². The highest BCUT2D eigenvalue weighted by Crippen LogP contribution is 2.21. The second kappa shape index (κ2) is 6.83. The van der Waals surface area contributed by atoms with Crippen LogP contribution in [-0.2, 0) is 6.54 Å². The van der Waals surface area contributed by atoms with Crippen LogP contribution < -0.4 is 5.32 Å². The molecule has 3 nitrogen and oxygen atoms in total. The number of amides is 1. The van der Waals surface area contributed by atoms with Crippen LogP contribution in [0.2, 0.25) is 0 Å². The van der Waals surface area contributed by atoms with Gasteiger partial charge in [0.2, 0.25) is 0 Å². The Balaban J connectivity index is 2.11. The van der Waals surface area contributed by atoms with Crippen molar-refractivity contribution in [3.8, 4) is 0 Å². The first-order valence-electron chi connectivity index (χ1n) is 6.46. The Hall–Kier alpha value is -1.72. The van der Waals surface area contributed by atoms with Crippen molar-refractivity contribution in [1.29, 1.82) is 0 Å². The predicted molar refractivity (Wildman–Crippen MR) is 85.9 cm³/mol. The Morgan fingerprint density at radius 3 is 2.48 bits per heavy atom. The molecule has 2 aromatic carbocycles. The maximum Gasteiger partial charge on any atom is 0.256 e. The molecule has 21 heavy (non-hydrogen) atoms. The zero-order chi connectivity index (χ0) is 15.4. The molecular weight excluding hydrogens is 335 g/mol. The van der Waals surface area contributed by atoms with Crippen LogP contribution in [0.1, 0.15) is 15.9 Å². The van der Waals surface area contributed by atoms with E-state index in [0.29, 0.717) is 5.69 Å². The number of benzene rings is 2. The smallest absolute Gasteiger partial charge is 0.256 e. The first-order valence-corrected chi connectivity index (χ1v) is 7.25.